The Morgan fingerprint density at radius 1 is 1.26 bits per heavy atom. The summed E-state index contributed by atoms with van der Waals surface area (Å²) < 4.78 is 29.8. The molecular weight excluding hydrogens is 406 g/mol. The van der Waals surface area contributed by atoms with E-state index in [1.54, 1.807) is 0 Å². The topological polar surface area (TPSA) is 117 Å². The van der Waals surface area contributed by atoms with Crippen molar-refractivity contribution in [1.29, 1.82) is 10.8 Å². The highest BCUT2D eigenvalue weighted by Gasteiger charge is 2.26. The number of rotatable bonds is 6. The summed E-state index contributed by atoms with van der Waals surface area (Å²) >= 11 is 0. The van der Waals surface area contributed by atoms with Gasteiger partial charge < -0.3 is 5.32 Å². The summed E-state index contributed by atoms with van der Waals surface area (Å²) in [5.41, 5.74) is 0.0810. The van der Waals surface area contributed by atoms with Crippen LogP contribution in [0.5, 0.6) is 0 Å². The second kappa shape index (κ2) is 8.21. The summed E-state index contributed by atoms with van der Waals surface area (Å²) in [5, 5.41) is 22.3. The van der Waals surface area contributed by atoms with Crippen molar-refractivity contribution in [2.75, 3.05) is 5.32 Å². The van der Waals surface area contributed by atoms with Crippen LogP contribution >= 0.6 is 0 Å². The fraction of sp³-hybridized carbons (Fsp3) is 0.286. The number of hydrogen-bond donors (Lipinski definition) is 3. The Hall–Kier alpha value is -3.69. The first-order chi connectivity index (χ1) is 14.5. The van der Waals surface area contributed by atoms with Crippen LogP contribution in [0.3, 0.4) is 0 Å². The highest BCUT2D eigenvalue weighted by atomic mass is 19.3. The van der Waals surface area contributed by atoms with Gasteiger partial charge in [0.25, 0.3) is 11.5 Å². The van der Waals surface area contributed by atoms with Crippen molar-refractivity contribution in [2.45, 2.75) is 39.2 Å². The number of nitrogens with zero attached hydrogens (tertiary/aromatic N) is 3. The van der Waals surface area contributed by atoms with Gasteiger partial charge in [-0.3, -0.25) is 25.0 Å². The molecule has 0 saturated heterocycles. The number of aromatic nitrogens is 3. The molecule has 10 heteroatoms. The molecule has 0 unspecified atom stereocenters. The van der Waals surface area contributed by atoms with Crippen LogP contribution in [-0.2, 0) is 17.3 Å². The quantitative estimate of drug-likeness (QED) is 0.414. The highest BCUT2D eigenvalue weighted by molar-refractivity contribution is 5.91. The van der Waals surface area contributed by atoms with Gasteiger partial charge in [-0.05, 0) is 30.2 Å². The van der Waals surface area contributed by atoms with Crippen LogP contribution in [0.2, 0.25) is 0 Å². The molecule has 0 bridgehead atoms. The molecule has 0 saturated carbocycles. The van der Waals surface area contributed by atoms with E-state index < -0.39 is 17.4 Å². The molecule has 8 nitrogen and oxygen atoms in total. The van der Waals surface area contributed by atoms with Gasteiger partial charge in [-0.25, -0.2) is 13.5 Å². The molecule has 3 rings (SSSR count). The number of anilines is 1. The molecular formula is C21H22F2N6O2. The molecule has 0 radical (unpaired) electrons. The first-order valence-corrected chi connectivity index (χ1v) is 9.51. The largest absolute Gasteiger partial charge is 0.323 e. The number of fused-ring (bicyclic) bond motifs is 1. The summed E-state index contributed by atoms with van der Waals surface area (Å²) in [7, 11) is 0. The molecule has 0 atom stereocenters. The van der Waals surface area contributed by atoms with E-state index in [0.717, 1.165) is 17.9 Å². The summed E-state index contributed by atoms with van der Waals surface area (Å²) in [4.78, 5) is 25.4. The number of hydrogen-bond acceptors (Lipinski definition) is 5. The molecule has 3 aromatic rings. The number of amides is 1. The summed E-state index contributed by atoms with van der Waals surface area (Å²) in [6.07, 6.45) is 2.33. The Balaban J connectivity index is 1.99. The minimum atomic E-state index is -3.06. The molecule has 0 aliphatic carbocycles. The van der Waals surface area contributed by atoms with Gasteiger partial charge in [0, 0.05) is 24.1 Å². The minimum Gasteiger partial charge on any atom is -0.323 e. The van der Waals surface area contributed by atoms with Gasteiger partial charge in [0.15, 0.2) is 0 Å². The molecule has 0 aliphatic rings. The predicted octanol–water partition coefficient (Wildman–Crippen LogP) is 3.01. The summed E-state index contributed by atoms with van der Waals surface area (Å²) in [6, 6.07) is 6.74. The molecule has 31 heavy (non-hydrogen) atoms. The molecule has 2 heterocycles. The second-order valence-electron chi connectivity index (χ2n) is 7.54. The number of halogens is 2. The number of carbonyl (C=O) groups is 1. The van der Waals surface area contributed by atoms with E-state index in [-0.39, 0.29) is 28.9 Å². The van der Waals surface area contributed by atoms with Crippen LogP contribution < -0.4 is 16.4 Å². The van der Waals surface area contributed by atoms with E-state index >= 15 is 0 Å². The highest BCUT2D eigenvalue weighted by Crippen LogP contribution is 2.31. The number of benzene rings is 1. The standard InChI is InChI=1S/C21H22F2N6O2/c1-12(2)19-16-8-13(21(3,22)23)4-6-15(16)20(31)29(27-19)10-18(30)26-14-5-7-17(25)28(9-14)11-24/h4-9,11-12,24-25H,10H2,1-3H3,(H,26,30). The van der Waals surface area contributed by atoms with E-state index in [2.05, 4.69) is 10.4 Å². The lowest BCUT2D eigenvalue weighted by molar-refractivity contribution is -0.117. The lowest BCUT2D eigenvalue weighted by Crippen LogP contribution is -2.31. The summed E-state index contributed by atoms with van der Waals surface area (Å²) in [5.74, 6) is -3.76. The number of pyridine rings is 1. The normalized spacial score (nSPS) is 11.7. The van der Waals surface area contributed by atoms with Gasteiger partial charge in [-0.2, -0.15) is 5.10 Å². The first kappa shape index (κ1) is 22.0. The molecule has 0 fully saturated rings. The van der Waals surface area contributed by atoms with E-state index in [4.69, 9.17) is 10.8 Å². The van der Waals surface area contributed by atoms with Gasteiger partial charge in [-0.15, -0.1) is 0 Å². The zero-order chi connectivity index (χ0) is 22.9. The van der Waals surface area contributed by atoms with Gasteiger partial charge in [0.1, 0.15) is 12.0 Å². The zero-order valence-corrected chi connectivity index (χ0v) is 17.2. The Morgan fingerprint density at radius 2 is 1.97 bits per heavy atom. The molecule has 0 spiro atoms. The van der Waals surface area contributed by atoms with Gasteiger partial charge >= 0.3 is 0 Å². The van der Waals surface area contributed by atoms with Crippen molar-refractivity contribution >= 4 is 28.7 Å². The van der Waals surface area contributed by atoms with Crippen LogP contribution in [0.1, 0.15) is 37.9 Å². The molecule has 1 aromatic carbocycles. The minimum absolute atomic E-state index is 0.0685. The van der Waals surface area contributed by atoms with E-state index in [9.17, 15) is 18.4 Å². The van der Waals surface area contributed by atoms with Gasteiger partial charge in [0.2, 0.25) is 5.91 Å². The van der Waals surface area contributed by atoms with Crippen molar-refractivity contribution in [1.82, 2.24) is 14.3 Å². The van der Waals surface area contributed by atoms with Crippen LogP contribution in [0.4, 0.5) is 14.5 Å². The van der Waals surface area contributed by atoms with E-state index in [1.807, 2.05) is 13.8 Å². The summed E-state index contributed by atoms with van der Waals surface area (Å²) in [6.45, 7) is 4.06. The first-order valence-electron chi connectivity index (χ1n) is 9.51. The second-order valence-corrected chi connectivity index (χ2v) is 7.54. The molecule has 3 N–H and O–H groups in total. The lowest BCUT2D eigenvalue weighted by Gasteiger charge is -2.16. The Kier molecular flexibility index (Phi) is 5.83. The third kappa shape index (κ3) is 4.57. The third-order valence-electron chi connectivity index (χ3n) is 4.74. The van der Waals surface area contributed by atoms with Crippen LogP contribution in [0, 0.1) is 10.8 Å². The molecule has 2 aromatic heterocycles. The lowest BCUT2D eigenvalue weighted by atomic mass is 9.99. The smallest absolute Gasteiger partial charge is 0.275 e. The van der Waals surface area contributed by atoms with Gasteiger partial charge in [0.05, 0.1) is 23.1 Å². The number of alkyl halides is 2. The van der Waals surface area contributed by atoms with Crippen LogP contribution in [0.25, 0.3) is 10.8 Å². The molecule has 0 aliphatic heterocycles. The fourth-order valence-corrected chi connectivity index (χ4v) is 3.15. The van der Waals surface area contributed by atoms with Gasteiger partial charge in [-0.1, -0.05) is 19.9 Å². The van der Waals surface area contributed by atoms with Crippen LogP contribution in [-0.4, -0.2) is 26.6 Å². The predicted molar refractivity (Wildman–Crippen MR) is 113 cm³/mol. The van der Waals surface area contributed by atoms with E-state index in [0.29, 0.717) is 16.8 Å². The van der Waals surface area contributed by atoms with Crippen molar-refractivity contribution in [3.63, 3.8) is 0 Å². The number of nitrogens with one attached hydrogen (secondary N) is 3. The maximum absolute atomic E-state index is 13.8. The maximum Gasteiger partial charge on any atom is 0.275 e. The maximum atomic E-state index is 13.8. The van der Waals surface area contributed by atoms with Crippen molar-refractivity contribution in [2.24, 2.45) is 0 Å². The fourth-order valence-electron chi connectivity index (χ4n) is 3.15. The van der Waals surface area contributed by atoms with Crippen molar-refractivity contribution in [3.05, 3.63) is 63.6 Å². The van der Waals surface area contributed by atoms with Crippen LogP contribution in [0.15, 0.2) is 41.3 Å². The SMILES string of the molecule is CC(C)c1nn(CC(=O)Nc2ccc(=N)n(C=N)c2)c(=O)c2ccc(C(C)(F)F)cc12. The Morgan fingerprint density at radius 3 is 2.58 bits per heavy atom. The third-order valence-corrected chi connectivity index (χ3v) is 4.74. The Bertz CT molecular complexity index is 1290. The average molecular weight is 428 g/mol. The molecule has 1 amide bonds. The van der Waals surface area contributed by atoms with Crippen molar-refractivity contribution < 1.29 is 13.6 Å². The number of carbonyl (C=O) groups excluding carboxylic acids is 1. The molecule has 162 valence electrons. The zero-order valence-electron chi connectivity index (χ0n) is 17.2. The Labute approximate surface area is 176 Å². The van der Waals surface area contributed by atoms with E-state index in [1.165, 1.54) is 41.1 Å². The van der Waals surface area contributed by atoms with Crippen molar-refractivity contribution in [3.8, 4) is 0 Å². The average Bonchev–Trinajstić information content (AvgIpc) is 2.70. The monoisotopic (exact) mass is 428 g/mol.